The summed E-state index contributed by atoms with van der Waals surface area (Å²) in [4.78, 5) is 13.6. The molecule has 0 atom stereocenters. The predicted molar refractivity (Wildman–Crippen MR) is 263 cm³/mol. The Hall–Kier alpha value is -8.44. The van der Waals surface area contributed by atoms with Gasteiger partial charge in [-0.3, -0.25) is 0 Å². The molecule has 2 aliphatic heterocycles. The highest BCUT2D eigenvalue weighted by Gasteiger charge is 2.36. The summed E-state index contributed by atoms with van der Waals surface area (Å²) in [6.45, 7) is 4.16. The van der Waals surface area contributed by atoms with E-state index in [4.69, 9.17) is 18.9 Å². The summed E-state index contributed by atoms with van der Waals surface area (Å²) in [6.07, 6.45) is 3.61. The average Bonchev–Trinajstić information content (AvgIpc) is 4.31. The summed E-state index contributed by atoms with van der Waals surface area (Å²) in [5.74, 6) is -40.3. The van der Waals surface area contributed by atoms with Gasteiger partial charge in [0.05, 0.1) is 71.5 Å². The van der Waals surface area contributed by atoms with E-state index < -0.39 is 232 Å². The van der Waals surface area contributed by atoms with Crippen molar-refractivity contribution in [3.8, 4) is 67.5 Å². The van der Waals surface area contributed by atoms with Crippen LogP contribution in [-0.2, 0) is 0 Å². The summed E-state index contributed by atoms with van der Waals surface area (Å²) in [7, 11) is 0. The first-order valence-electron chi connectivity index (χ1n) is 24.4. The molecule has 0 fully saturated rings. The van der Waals surface area contributed by atoms with Crippen molar-refractivity contribution in [2.75, 3.05) is 26.4 Å². The maximum absolute atomic E-state index is 16.7. The number of aromatic nitrogens is 4. The van der Waals surface area contributed by atoms with Gasteiger partial charge < -0.3 is 28.9 Å². The second kappa shape index (κ2) is 22.4. The summed E-state index contributed by atoms with van der Waals surface area (Å²) in [5, 5.41) is 0. The molecule has 9 rings (SSSR count). The fraction of sp³-hybridized carbons (Fsp3) is 0.214. The Labute approximate surface area is 442 Å². The van der Waals surface area contributed by atoms with E-state index in [0.29, 0.717) is 0 Å². The number of rotatable bonds is 16. The number of nitrogens with one attached hydrogen (secondary N) is 2. The van der Waals surface area contributed by atoms with Gasteiger partial charge in [0, 0.05) is 44.3 Å². The third-order valence-electron chi connectivity index (χ3n) is 12.4. The Morgan fingerprint density at radius 1 is 0.275 bits per heavy atom. The fourth-order valence-corrected chi connectivity index (χ4v) is 8.91. The maximum atomic E-state index is 16.7. The summed E-state index contributed by atoms with van der Waals surface area (Å²) in [6, 6.07) is 3.37. The van der Waals surface area contributed by atoms with Gasteiger partial charge in [0.15, 0.2) is 69.5 Å². The molecule has 4 aromatic carbocycles. The van der Waals surface area contributed by atoms with Crippen LogP contribution in [0, 0.1) is 93.1 Å². The Morgan fingerprint density at radius 3 is 0.613 bits per heavy atom. The van der Waals surface area contributed by atoms with Crippen LogP contribution in [0.2, 0.25) is 0 Å². The van der Waals surface area contributed by atoms with Crippen molar-refractivity contribution in [1.29, 1.82) is 0 Å². The van der Waals surface area contributed by atoms with E-state index >= 15 is 70.2 Å². The number of hydrogen-bond acceptors (Lipinski definition) is 6. The van der Waals surface area contributed by atoms with Crippen LogP contribution in [0.1, 0.15) is 76.2 Å². The minimum Gasteiger partial charge on any atom is -0.487 e. The molecular weight excluding hydrogens is 1100 g/mol. The van der Waals surface area contributed by atoms with Gasteiger partial charge in [0.1, 0.15) is 0 Å². The second-order valence-electron chi connectivity index (χ2n) is 17.7. The van der Waals surface area contributed by atoms with Gasteiger partial charge in [-0.1, -0.05) is 27.7 Å². The highest BCUT2D eigenvalue weighted by Crippen LogP contribution is 2.47. The van der Waals surface area contributed by atoms with E-state index in [2.05, 4.69) is 19.9 Å². The van der Waals surface area contributed by atoms with E-state index in [1.54, 1.807) is 0 Å². The zero-order chi connectivity index (χ0) is 57.8. The van der Waals surface area contributed by atoms with Gasteiger partial charge >= 0.3 is 0 Å². The first kappa shape index (κ1) is 56.3. The number of H-pyrrole nitrogens is 2. The van der Waals surface area contributed by atoms with E-state index in [0.717, 1.165) is 48.6 Å². The number of nitrogens with zero attached hydrogens (tertiary/aromatic N) is 2. The molecule has 7 aromatic rings. The van der Waals surface area contributed by atoms with E-state index in [-0.39, 0.29) is 25.7 Å². The van der Waals surface area contributed by atoms with Gasteiger partial charge in [0.25, 0.3) is 0 Å². The number of ether oxygens (including phenoxy) is 4. The lowest BCUT2D eigenvalue weighted by Crippen LogP contribution is -2.08. The largest absolute Gasteiger partial charge is 0.487 e. The van der Waals surface area contributed by atoms with Crippen LogP contribution in [0.25, 0.3) is 90.9 Å². The molecule has 5 heterocycles. The summed E-state index contributed by atoms with van der Waals surface area (Å²) in [5.41, 5.74) is -16.7. The molecule has 2 N–H and O–H groups in total. The molecule has 0 amide bonds. The zero-order valence-corrected chi connectivity index (χ0v) is 41.9. The van der Waals surface area contributed by atoms with Crippen LogP contribution in [0.5, 0.6) is 23.0 Å². The van der Waals surface area contributed by atoms with Crippen molar-refractivity contribution in [3.05, 3.63) is 140 Å². The van der Waals surface area contributed by atoms with Crippen LogP contribution in [0.4, 0.5) is 70.2 Å². The molecule has 3 aromatic heterocycles. The second-order valence-corrected chi connectivity index (χ2v) is 17.7. The monoisotopic (exact) mass is 1130 g/mol. The van der Waals surface area contributed by atoms with Crippen molar-refractivity contribution in [3.63, 3.8) is 0 Å². The highest BCUT2D eigenvalue weighted by molar-refractivity contribution is 6.00. The number of aromatic amines is 2. The molecule has 24 heteroatoms. The minimum atomic E-state index is -2.17. The first-order chi connectivity index (χ1) is 38.2. The van der Waals surface area contributed by atoms with Gasteiger partial charge in [0.2, 0.25) is 46.5 Å². The molecule has 80 heavy (non-hydrogen) atoms. The van der Waals surface area contributed by atoms with E-state index in [9.17, 15) is 0 Å². The van der Waals surface area contributed by atoms with E-state index in [1.807, 2.05) is 0 Å². The molecule has 0 saturated heterocycles. The Balaban J connectivity index is 1.55. The molecule has 418 valence electrons. The summed E-state index contributed by atoms with van der Waals surface area (Å²) >= 11 is 0. The number of halogens is 16. The summed E-state index contributed by atoms with van der Waals surface area (Å²) < 4.78 is 281. The van der Waals surface area contributed by atoms with Gasteiger partial charge in [-0.15, -0.1) is 0 Å². The number of hydrogen-bond donors (Lipinski definition) is 2. The Morgan fingerprint density at radius 2 is 0.450 bits per heavy atom. The molecular formula is C56H38F16N4O4. The smallest absolute Gasteiger partial charge is 0.204 e. The molecule has 0 radical (unpaired) electrons. The average molecular weight is 1130 g/mol. The standard InChI is InChI=1S/C56H38F16N4O4/c1-5-17-77-53-45(65)37(57)33(38(58)46(53)66)29-21-9-11-23(73-21)30(34-39(59)47(67)54(78-18-6-2)48(68)40(34)60)25-13-15-27(75-25)32(36-43(63)51(71)56(80-20-8-4)52(72)44(36)64)28-16-14-26(76-28)31(24-12-10-22(29)74-24)35-41(61)49(69)55(79-19-7-3)50(70)42(35)62/h9-16,73,76H,5-8,17-20H2,1-4H3. The quantitative estimate of drug-likeness (QED) is 0.0739. The zero-order valence-electron chi connectivity index (χ0n) is 41.9. The first-order valence-corrected chi connectivity index (χ1v) is 24.4. The molecule has 2 aliphatic rings. The van der Waals surface area contributed by atoms with Crippen LogP contribution >= 0.6 is 0 Å². The van der Waals surface area contributed by atoms with Crippen molar-refractivity contribution in [2.45, 2.75) is 53.4 Å². The molecule has 0 aliphatic carbocycles. The number of fused-ring (bicyclic) bond motifs is 8. The van der Waals surface area contributed by atoms with Crippen LogP contribution < -0.4 is 18.9 Å². The Bertz CT molecular complexity index is 3340. The predicted octanol–water partition coefficient (Wildman–Crippen LogP) is 16.7. The van der Waals surface area contributed by atoms with Crippen LogP contribution in [-0.4, -0.2) is 46.4 Å². The third-order valence-corrected chi connectivity index (χ3v) is 12.4. The maximum Gasteiger partial charge on any atom is 0.204 e. The number of benzene rings is 4. The SMILES string of the molecule is CCCOc1c(F)c(F)c(-c2c3nc(c(-c4c(F)c(F)c(OCCC)c(F)c4F)c4ccc([nH]4)c(-c4c(F)c(F)c(OCCC)c(F)c4F)c4nc(c(-c5c(F)c(F)c(OCCC)c(F)c5F)c5ccc2[nH]5)C=C4)C=C3)c(F)c1F. The van der Waals surface area contributed by atoms with E-state index in [1.165, 1.54) is 27.7 Å². The van der Waals surface area contributed by atoms with Crippen molar-refractivity contribution in [1.82, 2.24) is 19.9 Å². The normalized spacial score (nSPS) is 12.1. The van der Waals surface area contributed by atoms with Gasteiger partial charge in [-0.25, -0.2) is 45.1 Å². The fourth-order valence-electron chi connectivity index (χ4n) is 8.91. The third kappa shape index (κ3) is 9.29. The van der Waals surface area contributed by atoms with Crippen molar-refractivity contribution in [2.24, 2.45) is 0 Å². The minimum absolute atomic E-state index is 0.0885. The molecule has 0 spiro atoms. The lowest BCUT2D eigenvalue weighted by atomic mass is 10.0. The van der Waals surface area contributed by atoms with Gasteiger partial charge in [-0.05, 0) is 74.3 Å². The van der Waals surface area contributed by atoms with Crippen molar-refractivity contribution < 1.29 is 89.2 Å². The Kier molecular flexibility index (Phi) is 15.7. The topological polar surface area (TPSA) is 94.3 Å². The van der Waals surface area contributed by atoms with Gasteiger partial charge in [-0.2, -0.15) is 35.1 Å². The molecule has 8 nitrogen and oxygen atoms in total. The van der Waals surface area contributed by atoms with Crippen LogP contribution in [0.3, 0.4) is 0 Å². The lowest BCUT2D eigenvalue weighted by Gasteiger charge is -2.15. The van der Waals surface area contributed by atoms with Crippen LogP contribution in [0.15, 0.2) is 24.3 Å². The highest BCUT2D eigenvalue weighted by atomic mass is 19.2. The molecule has 0 unspecified atom stereocenters. The molecule has 0 saturated carbocycles. The van der Waals surface area contributed by atoms with Crippen molar-refractivity contribution >= 4 is 46.4 Å². The molecule has 8 bridgehead atoms. The lowest BCUT2D eigenvalue weighted by molar-refractivity contribution is 0.272.